The third kappa shape index (κ3) is 4.68. The Bertz CT molecular complexity index is 238. The Hall–Kier alpha value is -0.995. The minimum Gasteiger partial charge on any atom is -0.363 e. The normalized spacial score (nSPS) is 17.5. The third-order valence-corrected chi connectivity index (χ3v) is 3.02. The van der Waals surface area contributed by atoms with Crippen molar-refractivity contribution in [3.8, 4) is 0 Å². The summed E-state index contributed by atoms with van der Waals surface area (Å²) in [4.78, 5) is 22.9. The quantitative estimate of drug-likeness (QED) is 0.512. The van der Waals surface area contributed by atoms with Crippen molar-refractivity contribution in [3.05, 3.63) is 0 Å². The highest BCUT2D eigenvalue weighted by Crippen LogP contribution is 2.22. The molecule has 0 aromatic rings. The monoisotopic (exact) mass is 224 g/mol. The van der Waals surface area contributed by atoms with Crippen LogP contribution in [0.3, 0.4) is 0 Å². The number of hydrogen-bond donors (Lipinski definition) is 2. The first kappa shape index (κ1) is 13.1. The molecule has 0 unspecified atom stereocenters. The third-order valence-electron chi connectivity index (χ3n) is 3.02. The molecule has 16 heavy (non-hydrogen) atoms. The fourth-order valence-electron chi connectivity index (χ4n) is 2.11. The van der Waals surface area contributed by atoms with Gasteiger partial charge < -0.3 is 10.6 Å². The smallest absolute Gasteiger partial charge is 0.238 e. The number of carbonyl (C=O) groups excluding carboxylic acids is 2. The Morgan fingerprint density at radius 3 is 2.25 bits per heavy atom. The van der Waals surface area contributed by atoms with Crippen molar-refractivity contribution in [2.75, 3.05) is 13.0 Å². The molecule has 1 rings (SSSR count). The van der Waals surface area contributed by atoms with Gasteiger partial charge in [-0.1, -0.05) is 25.7 Å². The van der Waals surface area contributed by atoms with Gasteiger partial charge in [-0.2, -0.15) is 0 Å². The average Bonchev–Trinajstić information content (AvgIpc) is 2.55. The molecule has 90 valence electrons. The second-order valence-electron chi connectivity index (χ2n) is 4.36. The molecule has 1 aliphatic carbocycles. The van der Waals surface area contributed by atoms with E-state index in [2.05, 4.69) is 10.6 Å². The molecule has 4 nitrogen and oxygen atoms in total. The van der Waals surface area contributed by atoms with E-state index < -0.39 is 0 Å². The molecule has 0 aliphatic heterocycles. The molecule has 2 N–H and O–H groups in total. The summed E-state index contributed by atoms with van der Waals surface area (Å²) in [5, 5.41) is 5.38. The van der Waals surface area contributed by atoms with E-state index in [0.29, 0.717) is 6.44 Å². The number of hydrogen-bond acceptors (Lipinski definition) is 2. The summed E-state index contributed by atoms with van der Waals surface area (Å²) in [6.45, 7) is 0.114. The lowest BCUT2D eigenvalue weighted by molar-refractivity contribution is -0.128. The second-order valence-corrected chi connectivity index (χ2v) is 4.36. The lowest BCUT2D eigenvalue weighted by Gasteiger charge is -2.13. The minimum absolute atomic E-state index is 0.0492. The Kier molecular flexibility index (Phi) is 5.97. The number of rotatable bonds is 4. The molecule has 1 fully saturated rings. The van der Waals surface area contributed by atoms with Crippen molar-refractivity contribution in [1.82, 2.24) is 10.6 Å². The average molecular weight is 224 g/mol. The fraction of sp³-hybridized carbons (Fsp3) is 0.818. The molecule has 0 spiro atoms. The van der Waals surface area contributed by atoms with Gasteiger partial charge in [-0.05, 0) is 19.3 Å². The summed E-state index contributed by atoms with van der Waals surface area (Å²) >= 11 is 0. The van der Waals surface area contributed by atoms with E-state index in [-0.39, 0.29) is 24.3 Å². The molecule has 0 saturated heterocycles. The molecule has 0 radical (unpaired) electrons. The van der Waals surface area contributed by atoms with Crippen LogP contribution < -0.4 is 10.6 Å². The maximum Gasteiger partial charge on any atom is 0.238 e. The van der Waals surface area contributed by atoms with E-state index in [9.17, 15) is 9.59 Å². The first-order valence-electron chi connectivity index (χ1n) is 6.28. The van der Waals surface area contributed by atoms with Crippen LogP contribution in [0.25, 0.3) is 0 Å². The van der Waals surface area contributed by atoms with E-state index in [1.165, 1.54) is 12.8 Å². The van der Waals surface area contributed by atoms with Gasteiger partial charge in [0.25, 0.3) is 0 Å². The van der Waals surface area contributed by atoms with Gasteiger partial charge in [-0.15, -0.1) is 0 Å². The second kappa shape index (κ2) is 7.31. The fourth-order valence-corrected chi connectivity index (χ4v) is 2.11. The molecule has 0 atom stereocenters. The summed E-state index contributed by atoms with van der Waals surface area (Å²) in [5.74, 6) is 0.0644. The van der Waals surface area contributed by atoms with Crippen molar-refractivity contribution in [3.63, 3.8) is 0 Å². The molecule has 5 heteroatoms. The zero-order valence-corrected chi connectivity index (χ0v) is 10.1. The first-order valence-corrected chi connectivity index (χ1v) is 6.28. The van der Waals surface area contributed by atoms with E-state index in [1.54, 1.807) is 0 Å². The Morgan fingerprint density at radius 2 is 1.69 bits per heavy atom. The Morgan fingerprint density at radius 1 is 1.06 bits per heavy atom. The lowest BCUT2D eigenvalue weighted by atomic mass is 9.99. The van der Waals surface area contributed by atoms with Gasteiger partial charge >= 0.3 is 0 Å². The first-order chi connectivity index (χ1) is 7.74. The topological polar surface area (TPSA) is 58.2 Å². The maximum atomic E-state index is 11.8. The standard InChI is InChI=1S/C11H21BN2O2/c12-8-14-10(15)7-13-11(16)9-5-3-1-2-4-6-9/h9H,1-8,12H2,(H,13,16)(H,14,15). The Balaban J connectivity index is 2.25. The van der Waals surface area contributed by atoms with Gasteiger partial charge in [-0.25, -0.2) is 0 Å². The summed E-state index contributed by atoms with van der Waals surface area (Å²) in [6, 6.07) is 0. The Labute approximate surface area is 98.0 Å². The van der Waals surface area contributed by atoms with Gasteiger partial charge in [0.2, 0.25) is 11.8 Å². The molecule has 0 aromatic carbocycles. The van der Waals surface area contributed by atoms with Gasteiger partial charge in [0.1, 0.15) is 7.85 Å². The SMILES string of the molecule is BCNC(=O)CNC(=O)C1CCCCCC1. The number of nitrogens with one attached hydrogen (secondary N) is 2. The van der Waals surface area contributed by atoms with Crippen LogP contribution in [-0.2, 0) is 9.59 Å². The van der Waals surface area contributed by atoms with Crippen LogP contribution in [-0.4, -0.2) is 32.6 Å². The molecular formula is C11H21BN2O2. The number of amides is 2. The highest BCUT2D eigenvalue weighted by molar-refractivity contribution is 6.10. The zero-order valence-electron chi connectivity index (χ0n) is 10.1. The van der Waals surface area contributed by atoms with Gasteiger partial charge in [0.15, 0.2) is 0 Å². The van der Waals surface area contributed by atoms with E-state index >= 15 is 0 Å². The van der Waals surface area contributed by atoms with Crippen LogP contribution in [0.15, 0.2) is 0 Å². The molecule has 0 heterocycles. The highest BCUT2D eigenvalue weighted by Gasteiger charge is 2.19. The van der Waals surface area contributed by atoms with Gasteiger partial charge in [0, 0.05) is 5.92 Å². The maximum absolute atomic E-state index is 11.8. The van der Waals surface area contributed by atoms with Crippen LogP contribution in [0, 0.1) is 5.92 Å². The molecule has 0 aromatic heterocycles. The molecular weight excluding hydrogens is 203 g/mol. The van der Waals surface area contributed by atoms with Crippen LogP contribution in [0.1, 0.15) is 38.5 Å². The molecule has 2 amide bonds. The summed E-state index contributed by atoms with van der Waals surface area (Å²) in [5.41, 5.74) is 0. The van der Waals surface area contributed by atoms with Crippen molar-refractivity contribution in [2.24, 2.45) is 5.92 Å². The van der Waals surface area contributed by atoms with Crippen LogP contribution in [0.2, 0.25) is 0 Å². The molecule has 1 aliphatic rings. The van der Waals surface area contributed by atoms with Crippen LogP contribution >= 0.6 is 0 Å². The van der Waals surface area contributed by atoms with Crippen molar-refractivity contribution >= 4 is 19.7 Å². The molecule has 1 saturated carbocycles. The summed E-state index contributed by atoms with van der Waals surface area (Å²) < 4.78 is 0. The van der Waals surface area contributed by atoms with E-state index in [4.69, 9.17) is 0 Å². The van der Waals surface area contributed by atoms with Crippen molar-refractivity contribution < 1.29 is 9.59 Å². The van der Waals surface area contributed by atoms with Crippen molar-refractivity contribution in [2.45, 2.75) is 38.5 Å². The predicted molar refractivity (Wildman–Crippen MR) is 65.8 cm³/mol. The lowest BCUT2D eigenvalue weighted by Crippen LogP contribution is -2.39. The zero-order chi connectivity index (χ0) is 11.8. The van der Waals surface area contributed by atoms with Gasteiger partial charge in [-0.3, -0.25) is 9.59 Å². The molecule has 0 bridgehead atoms. The summed E-state index contributed by atoms with van der Waals surface area (Å²) in [7, 11) is 1.87. The van der Waals surface area contributed by atoms with E-state index in [0.717, 1.165) is 25.7 Å². The van der Waals surface area contributed by atoms with Crippen molar-refractivity contribution in [1.29, 1.82) is 0 Å². The minimum atomic E-state index is -0.107. The number of carbonyl (C=O) groups is 2. The predicted octanol–water partition coefficient (Wildman–Crippen LogP) is -0.220. The summed E-state index contributed by atoms with van der Waals surface area (Å²) in [6.07, 6.45) is 7.30. The van der Waals surface area contributed by atoms with Gasteiger partial charge in [0.05, 0.1) is 6.54 Å². The van der Waals surface area contributed by atoms with E-state index in [1.807, 2.05) is 7.85 Å². The van der Waals surface area contributed by atoms with Crippen LogP contribution in [0.4, 0.5) is 0 Å². The highest BCUT2D eigenvalue weighted by atomic mass is 16.2. The largest absolute Gasteiger partial charge is 0.363 e. The van der Waals surface area contributed by atoms with Crippen LogP contribution in [0.5, 0.6) is 0 Å².